The molecule has 1 saturated carbocycles. The first kappa shape index (κ1) is 12.2. The van der Waals surface area contributed by atoms with E-state index >= 15 is 0 Å². The van der Waals surface area contributed by atoms with E-state index in [1.54, 1.807) is 6.20 Å². The van der Waals surface area contributed by atoms with Crippen molar-refractivity contribution in [1.29, 1.82) is 0 Å². The van der Waals surface area contributed by atoms with Crippen molar-refractivity contribution in [3.05, 3.63) is 29.0 Å². The van der Waals surface area contributed by atoms with Crippen molar-refractivity contribution in [2.24, 2.45) is 0 Å². The Morgan fingerprint density at radius 3 is 2.89 bits per heavy atom. The van der Waals surface area contributed by atoms with Crippen LogP contribution >= 0.6 is 27.5 Å². The Balaban J connectivity index is 2.10. The average molecular weight is 328 g/mol. The van der Waals surface area contributed by atoms with Gasteiger partial charge in [-0.3, -0.25) is 4.98 Å². The molecule has 5 heteroatoms. The number of rotatable bonds is 3. The summed E-state index contributed by atoms with van der Waals surface area (Å²) < 4.78 is 5.94. The minimum Gasteiger partial charge on any atom is -0.488 e. The van der Waals surface area contributed by atoms with Gasteiger partial charge in [0.05, 0.1) is 11.6 Å². The Labute approximate surface area is 119 Å². The van der Waals surface area contributed by atoms with Crippen molar-refractivity contribution in [3.63, 3.8) is 0 Å². The second-order valence-electron chi connectivity index (χ2n) is 4.41. The lowest BCUT2D eigenvalue weighted by atomic mass is 9.96. The molecule has 0 amide bonds. The van der Waals surface area contributed by atoms with Crippen molar-refractivity contribution in [3.8, 4) is 5.75 Å². The van der Waals surface area contributed by atoms with Crippen molar-refractivity contribution in [1.82, 2.24) is 9.97 Å². The van der Waals surface area contributed by atoms with Gasteiger partial charge in [0.1, 0.15) is 16.4 Å². The van der Waals surface area contributed by atoms with Crippen LogP contribution in [0.1, 0.15) is 24.8 Å². The number of nitrogens with zero attached hydrogens (tertiary/aromatic N) is 2. The SMILES string of the molecule is Clc1cc(CBr)c2nccc(OC3CCC3)c2n1. The highest BCUT2D eigenvalue weighted by Crippen LogP contribution is 2.31. The fourth-order valence-electron chi connectivity index (χ4n) is 2.00. The van der Waals surface area contributed by atoms with Crippen LogP contribution in [0.15, 0.2) is 18.3 Å². The largest absolute Gasteiger partial charge is 0.488 e. The quantitative estimate of drug-likeness (QED) is 0.628. The van der Waals surface area contributed by atoms with Crippen LogP contribution in [0.25, 0.3) is 11.0 Å². The summed E-state index contributed by atoms with van der Waals surface area (Å²) in [5.74, 6) is 0.786. The normalized spacial score (nSPS) is 15.7. The molecule has 2 aromatic rings. The molecule has 0 N–H and O–H groups in total. The topological polar surface area (TPSA) is 35.0 Å². The van der Waals surface area contributed by atoms with Gasteiger partial charge < -0.3 is 4.74 Å². The number of hydrogen-bond donors (Lipinski definition) is 0. The lowest BCUT2D eigenvalue weighted by Gasteiger charge is -2.26. The van der Waals surface area contributed by atoms with Crippen LogP contribution in [0.4, 0.5) is 0 Å². The lowest BCUT2D eigenvalue weighted by Crippen LogP contribution is -2.24. The minimum absolute atomic E-state index is 0.323. The molecule has 1 aliphatic carbocycles. The monoisotopic (exact) mass is 326 g/mol. The number of ether oxygens (including phenoxy) is 1. The smallest absolute Gasteiger partial charge is 0.149 e. The maximum absolute atomic E-state index is 6.04. The Hall–Kier alpha value is -0.870. The highest BCUT2D eigenvalue weighted by atomic mass is 79.9. The highest BCUT2D eigenvalue weighted by Gasteiger charge is 2.21. The van der Waals surface area contributed by atoms with Gasteiger partial charge in [0, 0.05) is 17.6 Å². The van der Waals surface area contributed by atoms with Crippen molar-refractivity contribution in [2.75, 3.05) is 0 Å². The molecule has 0 saturated heterocycles. The molecular weight excluding hydrogens is 316 g/mol. The molecule has 3 rings (SSSR count). The van der Waals surface area contributed by atoms with Crippen LogP contribution < -0.4 is 4.74 Å². The summed E-state index contributed by atoms with van der Waals surface area (Å²) >= 11 is 9.49. The summed E-state index contributed by atoms with van der Waals surface area (Å²) in [6.45, 7) is 0. The number of aromatic nitrogens is 2. The highest BCUT2D eigenvalue weighted by molar-refractivity contribution is 9.08. The third-order valence-corrected chi connectivity index (χ3v) is 3.99. The maximum Gasteiger partial charge on any atom is 0.149 e. The molecule has 0 aliphatic heterocycles. The molecule has 1 aliphatic rings. The van der Waals surface area contributed by atoms with E-state index in [2.05, 4.69) is 25.9 Å². The van der Waals surface area contributed by atoms with E-state index in [4.69, 9.17) is 16.3 Å². The molecule has 0 spiro atoms. The molecule has 0 radical (unpaired) electrons. The summed E-state index contributed by atoms with van der Waals surface area (Å²) in [5, 5.41) is 1.18. The fourth-order valence-corrected chi connectivity index (χ4v) is 2.64. The van der Waals surface area contributed by atoms with Crippen LogP contribution in [-0.2, 0) is 5.33 Å². The van der Waals surface area contributed by atoms with Crippen LogP contribution in [0, 0.1) is 0 Å². The molecule has 0 atom stereocenters. The molecule has 3 nitrogen and oxygen atoms in total. The predicted molar refractivity (Wildman–Crippen MR) is 75.4 cm³/mol. The van der Waals surface area contributed by atoms with Crippen molar-refractivity contribution >= 4 is 38.6 Å². The molecule has 1 fully saturated rings. The van der Waals surface area contributed by atoms with Gasteiger partial charge >= 0.3 is 0 Å². The van der Waals surface area contributed by atoms with E-state index in [0.29, 0.717) is 16.6 Å². The summed E-state index contributed by atoms with van der Waals surface area (Å²) in [6.07, 6.45) is 5.57. The third kappa shape index (κ3) is 2.19. The van der Waals surface area contributed by atoms with Gasteiger partial charge in [-0.2, -0.15) is 0 Å². The third-order valence-electron chi connectivity index (χ3n) is 3.19. The molecule has 2 aromatic heterocycles. The zero-order valence-corrected chi connectivity index (χ0v) is 12.0. The first-order valence-electron chi connectivity index (χ1n) is 5.94. The second-order valence-corrected chi connectivity index (χ2v) is 5.36. The van der Waals surface area contributed by atoms with E-state index in [-0.39, 0.29) is 0 Å². The standard InChI is InChI=1S/C13H12BrClN2O/c14-7-8-6-11(15)17-13-10(4-5-16-12(8)13)18-9-2-1-3-9/h4-6,9H,1-3,7H2. The Kier molecular flexibility index (Phi) is 3.39. The molecule has 2 heterocycles. The van der Waals surface area contributed by atoms with Crippen LogP contribution in [0.2, 0.25) is 5.15 Å². The van der Waals surface area contributed by atoms with Gasteiger partial charge in [-0.25, -0.2) is 4.98 Å². The Bertz CT molecular complexity index is 586. The maximum atomic E-state index is 6.04. The van der Waals surface area contributed by atoms with Gasteiger partial charge in [-0.15, -0.1) is 0 Å². The number of alkyl halides is 1. The van der Waals surface area contributed by atoms with Gasteiger partial charge in [-0.1, -0.05) is 27.5 Å². The summed E-state index contributed by atoms with van der Waals surface area (Å²) in [6, 6.07) is 3.70. The average Bonchev–Trinajstić information content (AvgIpc) is 2.33. The second kappa shape index (κ2) is 5.02. The first-order chi connectivity index (χ1) is 8.78. The minimum atomic E-state index is 0.323. The zero-order valence-electron chi connectivity index (χ0n) is 9.70. The molecule has 0 bridgehead atoms. The Morgan fingerprint density at radius 1 is 1.39 bits per heavy atom. The fraction of sp³-hybridized carbons (Fsp3) is 0.385. The van der Waals surface area contributed by atoms with Crippen molar-refractivity contribution < 1.29 is 4.74 Å². The van der Waals surface area contributed by atoms with Crippen LogP contribution in [0.3, 0.4) is 0 Å². The predicted octanol–water partition coefficient (Wildman–Crippen LogP) is 4.11. The summed E-state index contributed by atoms with van der Waals surface area (Å²) in [5.41, 5.74) is 2.64. The lowest BCUT2D eigenvalue weighted by molar-refractivity contribution is 0.122. The zero-order chi connectivity index (χ0) is 12.5. The van der Waals surface area contributed by atoms with Gasteiger partial charge in [0.25, 0.3) is 0 Å². The van der Waals surface area contributed by atoms with E-state index in [1.165, 1.54) is 6.42 Å². The molecule has 94 valence electrons. The molecule has 0 aromatic carbocycles. The van der Waals surface area contributed by atoms with Gasteiger partial charge in [0.2, 0.25) is 0 Å². The van der Waals surface area contributed by atoms with E-state index in [9.17, 15) is 0 Å². The first-order valence-corrected chi connectivity index (χ1v) is 7.44. The van der Waals surface area contributed by atoms with Crippen LogP contribution in [0.5, 0.6) is 5.75 Å². The molecule has 0 unspecified atom stereocenters. The number of pyridine rings is 2. The van der Waals surface area contributed by atoms with Gasteiger partial charge in [-0.05, 0) is 30.9 Å². The number of hydrogen-bond acceptors (Lipinski definition) is 3. The number of fused-ring (bicyclic) bond motifs is 1. The molecular formula is C13H12BrClN2O. The van der Waals surface area contributed by atoms with E-state index in [0.717, 1.165) is 35.2 Å². The Morgan fingerprint density at radius 2 is 2.22 bits per heavy atom. The van der Waals surface area contributed by atoms with E-state index < -0.39 is 0 Å². The van der Waals surface area contributed by atoms with E-state index in [1.807, 2.05) is 12.1 Å². The summed E-state index contributed by atoms with van der Waals surface area (Å²) in [4.78, 5) is 8.73. The summed E-state index contributed by atoms with van der Waals surface area (Å²) in [7, 11) is 0. The molecule has 18 heavy (non-hydrogen) atoms. The van der Waals surface area contributed by atoms with Crippen molar-refractivity contribution in [2.45, 2.75) is 30.7 Å². The van der Waals surface area contributed by atoms with Gasteiger partial charge in [0.15, 0.2) is 0 Å². The number of halogens is 2. The van der Waals surface area contributed by atoms with Crippen LogP contribution in [-0.4, -0.2) is 16.1 Å².